The summed E-state index contributed by atoms with van der Waals surface area (Å²) < 4.78 is 5.03. The van der Waals surface area contributed by atoms with Crippen molar-refractivity contribution in [3.63, 3.8) is 0 Å². The highest BCUT2D eigenvalue weighted by molar-refractivity contribution is 5.83. The van der Waals surface area contributed by atoms with Gasteiger partial charge >= 0.3 is 5.97 Å². The number of carboxylic acid groups (broad SMARTS) is 1. The fourth-order valence-electron chi connectivity index (χ4n) is 1.38. The van der Waals surface area contributed by atoms with Crippen molar-refractivity contribution in [3.05, 3.63) is 0 Å². The summed E-state index contributed by atoms with van der Waals surface area (Å²) in [5.41, 5.74) is 0. The Hall–Kier alpha value is -1.10. The standard InChI is InChI=1S/C12H23NO4/c1-5-8(2)11(12(15)16)13-10(14)7-6-9(3)17-4/h8-9,11H,5-7H2,1-4H3,(H,13,14)(H,15,16). The normalized spacial score (nSPS) is 16.0. The molecule has 0 bridgehead atoms. The Kier molecular flexibility index (Phi) is 7.54. The van der Waals surface area contributed by atoms with E-state index >= 15 is 0 Å². The fourth-order valence-corrected chi connectivity index (χ4v) is 1.38. The van der Waals surface area contributed by atoms with E-state index in [2.05, 4.69) is 5.32 Å². The van der Waals surface area contributed by atoms with Crippen LogP contribution >= 0.6 is 0 Å². The molecule has 0 aromatic heterocycles. The lowest BCUT2D eigenvalue weighted by Crippen LogP contribution is -2.45. The largest absolute Gasteiger partial charge is 0.480 e. The van der Waals surface area contributed by atoms with Crippen molar-refractivity contribution in [2.75, 3.05) is 7.11 Å². The zero-order valence-corrected chi connectivity index (χ0v) is 11.0. The zero-order chi connectivity index (χ0) is 13.4. The number of nitrogens with one attached hydrogen (secondary N) is 1. The van der Waals surface area contributed by atoms with Crippen molar-refractivity contribution in [3.8, 4) is 0 Å². The predicted octanol–water partition coefficient (Wildman–Crippen LogP) is 1.42. The van der Waals surface area contributed by atoms with Crippen molar-refractivity contribution in [2.45, 2.75) is 52.2 Å². The number of carbonyl (C=O) groups is 2. The van der Waals surface area contributed by atoms with Crippen LogP contribution in [-0.2, 0) is 14.3 Å². The Morgan fingerprint density at radius 2 is 1.94 bits per heavy atom. The minimum atomic E-state index is -0.979. The van der Waals surface area contributed by atoms with Crippen LogP contribution in [0.25, 0.3) is 0 Å². The molecule has 0 heterocycles. The van der Waals surface area contributed by atoms with Crippen LogP contribution in [0, 0.1) is 5.92 Å². The molecule has 0 aromatic rings. The van der Waals surface area contributed by atoms with Crippen molar-refractivity contribution in [1.82, 2.24) is 5.32 Å². The van der Waals surface area contributed by atoms with Gasteiger partial charge in [-0.1, -0.05) is 20.3 Å². The lowest BCUT2D eigenvalue weighted by Gasteiger charge is -2.20. The number of rotatable bonds is 8. The molecule has 100 valence electrons. The summed E-state index contributed by atoms with van der Waals surface area (Å²) in [5, 5.41) is 11.6. The summed E-state index contributed by atoms with van der Waals surface area (Å²) in [6.45, 7) is 5.59. The van der Waals surface area contributed by atoms with Crippen molar-refractivity contribution >= 4 is 11.9 Å². The second kappa shape index (κ2) is 8.06. The maximum Gasteiger partial charge on any atom is 0.326 e. The Morgan fingerprint density at radius 1 is 1.35 bits per heavy atom. The highest BCUT2D eigenvalue weighted by Gasteiger charge is 2.25. The summed E-state index contributed by atoms with van der Waals surface area (Å²) in [6, 6.07) is -0.801. The van der Waals surface area contributed by atoms with Gasteiger partial charge in [0, 0.05) is 13.5 Å². The fraction of sp³-hybridized carbons (Fsp3) is 0.833. The Balaban J connectivity index is 4.18. The molecule has 3 unspecified atom stereocenters. The highest BCUT2D eigenvalue weighted by Crippen LogP contribution is 2.09. The third-order valence-electron chi connectivity index (χ3n) is 2.98. The van der Waals surface area contributed by atoms with Gasteiger partial charge in [0.15, 0.2) is 0 Å². The SMILES string of the molecule is CCC(C)C(NC(=O)CCC(C)OC)C(=O)O. The van der Waals surface area contributed by atoms with E-state index in [1.54, 1.807) is 7.11 Å². The van der Waals surface area contributed by atoms with Gasteiger partial charge in [0.25, 0.3) is 0 Å². The molecule has 0 aliphatic carbocycles. The summed E-state index contributed by atoms with van der Waals surface area (Å²) in [7, 11) is 1.59. The lowest BCUT2D eigenvalue weighted by atomic mass is 9.99. The first-order valence-corrected chi connectivity index (χ1v) is 5.97. The van der Waals surface area contributed by atoms with Gasteiger partial charge in [-0.2, -0.15) is 0 Å². The maximum atomic E-state index is 11.6. The maximum absolute atomic E-state index is 11.6. The molecular formula is C12H23NO4. The molecule has 0 aliphatic heterocycles. The van der Waals surface area contributed by atoms with Gasteiger partial charge in [0.05, 0.1) is 6.10 Å². The summed E-state index contributed by atoms with van der Waals surface area (Å²) in [6.07, 6.45) is 1.60. The Labute approximate surface area is 103 Å². The van der Waals surface area contributed by atoms with Crippen LogP contribution in [0.15, 0.2) is 0 Å². The number of ether oxygens (including phenoxy) is 1. The molecule has 17 heavy (non-hydrogen) atoms. The molecule has 0 radical (unpaired) electrons. The van der Waals surface area contributed by atoms with Gasteiger partial charge in [-0.25, -0.2) is 4.79 Å². The quantitative estimate of drug-likeness (QED) is 0.678. The molecule has 0 saturated heterocycles. The van der Waals surface area contributed by atoms with Gasteiger partial charge in [-0.05, 0) is 19.3 Å². The molecule has 2 N–H and O–H groups in total. The average molecular weight is 245 g/mol. The second-order valence-electron chi connectivity index (χ2n) is 4.35. The molecule has 0 saturated carbocycles. The van der Waals surface area contributed by atoms with Crippen LogP contribution in [0.3, 0.4) is 0 Å². The molecule has 5 nitrogen and oxygen atoms in total. The first kappa shape index (κ1) is 15.9. The first-order valence-electron chi connectivity index (χ1n) is 5.97. The summed E-state index contributed by atoms with van der Waals surface area (Å²) >= 11 is 0. The predicted molar refractivity (Wildman–Crippen MR) is 64.7 cm³/mol. The topological polar surface area (TPSA) is 75.6 Å². The first-order chi connectivity index (χ1) is 7.92. The van der Waals surface area contributed by atoms with Gasteiger partial charge in [-0.15, -0.1) is 0 Å². The van der Waals surface area contributed by atoms with Crippen LogP contribution in [-0.4, -0.2) is 36.2 Å². The third kappa shape index (κ3) is 6.26. The summed E-state index contributed by atoms with van der Waals surface area (Å²) in [4.78, 5) is 22.6. The number of carbonyl (C=O) groups excluding carboxylic acids is 1. The van der Waals surface area contributed by atoms with E-state index in [1.807, 2.05) is 20.8 Å². The van der Waals surface area contributed by atoms with E-state index in [0.29, 0.717) is 12.8 Å². The number of methoxy groups -OCH3 is 1. The minimum Gasteiger partial charge on any atom is -0.480 e. The van der Waals surface area contributed by atoms with Crippen LogP contribution in [0.2, 0.25) is 0 Å². The Morgan fingerprint density at radius 3 is 2.35 bits per heavy atom. The molecule has 0 aliphatic rings. The van der Waals surface area contributed by atoms with Crippen LogP contribution in [0.4, 0.5) is 0 Å². The molecular weight excluding hydrogens is 222 g/mol. The van der Waals surface area contributed by atoms with Gasteiger partial charge in [-0.3, -0.25) is 4.79 Å². The third-order valence-corrected chi connectivity index (χ3v) is 2.98. The average Bonchev–Trinajstić information content (AvgIpc) is 2.31. The van der Waals surface area contributed by atoms with E-state index in [1.165, 1.54) is 0 Å². The molecule has 0 rings (SSSR count). The zero-order valence-electron chi connectivity index (χ0n) is 11.0. The number of hydrogen-bond acceptors (Lipinski definition) is 3. The van der Waals surface area contributed by atoms with E-state index < -0.39 is 12.0 Å². The van der Waals surface area contributed by atoms with E-state index in [9.17, 15) is 9.59 Å². The molecule has 0 fully saturated rings. The van der Waals surface area contributed by atoms with Gasteiger partial charge in [0.1, 0.15) is 6.04 Å². The van der Waals surface area contributed by atoms with Crippen LogP contribution in [0.5, 0.6) is 0 Å². The van der Waals surface area contributed by atoms with Crippen LogP contribution < -0.4 is 5.32 Å². The molecule has 5 heteroatoms. The molecule has 0 aromatic carbocycles. The lowest BCUT2D eigenvalue weighted by molar-refractivity contribution is -0.143. The summed E-state index contributed by atoms with van der Waals surface area (Å²) in [5.74, 6) is -1.29. The number of carboxylic acids is 1. The second-order valence-corrected chi connectivity index (χ2v) is 4.35. The highest BCUT2D eigenvalue weighted by atomic mass is 16.5. The van der Waals surface area contributed by atoms with Gasteiger partial charge in [0.2, 0.25) is 5.91 Å². The van der Waals surface area contributed by atoms with Gasteiger partial charge < -0.3 is 15.2 Å². The monoisotopic (exact) mass is 245 g/mol. The Bertz CT molecular complexity index is 255. The van der Waals surface area contributed by atoms with Crippen molar-refractivity contribution in [2.24, 2.45) is 5.92 Å². The smallest absolute Gasteiger partial charge is 0.326 e. The van der Waals surface area contributed by atoms with E-state index in [-0.39, 0.29) is 24.3 Å². The number of hydrogen-bond donors (Lipinski definition) is 2. The van der Waals surface area contributed by atoms with E-state index in [4.69, 9.17) is 9.84 Å². The van der Waals surface area contributed by atoms with Crippen molar-refractivity contribution < 1.29 is 19.4 Å². The number of aliphatic carboxylic acids is 1. The number of amides is 1. The molecule has 1 amide bonds. The minimum absolute atomic E-state index is 0.00706. The van der Waals surface area contributed by atoms with Crippen molar-refractivity contribution in [1.29, 1.82) is 0 Å². The van der Waals surface area contributed by atoms with E-state index in [0.717, 1.165) is 0 Å². The van der Waals surface area contributed by atoms with Crippen LogP contribution in [0.1, 0.15) is 40.0 Å². The molecule has 3 atom stereocenters. The molecule has 0 spiro atoms.